The lowest BCUT2D eigenvalue weighted by molar-refractivity contribution is -0.274. The molecular weight excluding hydrogens is 857 g/mol. The number of fused-ring (bicyclic) bond motifs is 4. The number of rotatable bonds is 9. The molecule has 9 rings (SSSR count). The lowest BCUT2D eigenvalue weighted by Crippen LogP contribution is -2.41. The van der Waals surface area contributed by atoms with Crippen LogP contribution < -0.4 is 15.7 Å². The molecule has 2 aromatic carbocycles. The highest BCUT2D eigenvalue weighted by Gasteiger charge is 2.33. The Balaban J connectivity index is 1.04. The molecule has 5 aromatic heterocycles. The number of nitrogens with zero attached hydrogens (tertiary/aromatic N) is 11. The maximum absolute atomic E-state index is 15.2. The van der Waals surface area contributed by atoms with E-state index in [4.69, 9.17) is 4.98 Å². The van der Waals surface area contributed by atoms with Crippen LogP contribution in [0.1, 0.15) is 78.2 Å². The van der Waals surface area contributed by atoms with E-state index in [1.54, 1.807) is 33.9 Å². The van der Waals surface area contributed by atoms with E-state index in [-0.39, 0.29) is 70.2 Å². The molecule has 0 saturated carbocycles. The number of nitriles is 2. The lowest BCUT2D eigenvalue weighted by Gasteiger charge is -2.36. The van der Waals surface area contributed by atoms with Gasteiger partial charge in [0.15, 0.2) is 11.3 Å². The number of anilines is 2. The van der Waals surface area contributed by atoms with Crippen LogP contribution in [0, 0.1) is 33.9 Å². The van der Waals surface area contributed by atoms with E-state index in [1.165, 1.54) is 35.0 Å². The van der Waals surface area contributed by atoms with Crippen molar-refractivity contribution in [1.29, 1.82) is 10.5 Å². The molecule has 0 atom stereocenters. The Morgan fingerprint density at radius 1 is 0.939 bits per heavy atom. The standard InChI is InChI=1S/C47H42F4N12O3/c1-46(2,3)27-59-18-14-31(15-19-59)63-42-40(38(23-53)57-44(58-42)56-30-8-11-33(12-9-30)66-47(49,50)51)62(45(63)65)32-10-13-37(55-24-32)43(64)60-20-16-34-35-5-4-17-54-41(35)61(39(34)26-60)25-29-7-6-28(22-52)21-36(29)48/h4-13,17,21,24,31H,14-16,18-20,25-27H2,1-3H3,(H,56,57,58). The van der Waals surface area contributed by atoms with Crippen LogP contribution in [0.3, 0.4) is 0 Å². The number of amides is 1. The van der Waals surface area contributed by atoms with E-state index in [2.05, 4.69) is 56.7 Å². The number of aromatic nitrogens is 7. The molecule has 7 heterocycles. The number of carbonyl (C=O) groups excluding carboxylic acids is 1. The van der Waals surface area contributed by atoms with E-state index in [1.807, 2.05) is 22.8 Å². The number of likely N-dealkylation sites (tertiary alicyclic amines) is 1. The SMILES string of the molecule is CC(C)(C)CN1CCC(n2c(=O)n(-c3ccc(C(=O)N4CCc5c(n(Cc6ccc(C#N)cc6F)c6ncccc56)C4)nc3)c3c(C#N)nc(Nc4ccc(OC(F)(F)F)cc4)nc32)CC1. The van der Waals surface area contributed by atoms with Crippen molar-refractivity contribution in [3.8, 4) is 23.6 Å². The minimum atomic E-state index is -4.87. The van der Waals surface area contributed by atoms with Crippen molar-refractivity contribution in [2.75, 3.05) is 31.5 Å². The third kappa shape index (κ3) is 8.64. The fraction of sp³-hybridized carbons (Fsp3) is 0.319. The van der Waals surface area contributed by atoms with Gasteiger partial charge in [-0.2, -0.15) is 20.5 Å². The number of ether oxygens (including phenoxy) is 1. The highest BCUT2D eigenvalue weighted by Crippen LogP contribution is 2.33. The summed E-state index contributed by atoms with van der Waals surface area (Å²) in [6.07, 6.45) is -0.0613. The summed E-state index contributed by atoms with van der Waals surface area (Å²) in [5, 5.41) is 23.6. The summed E-state index contributed by atoms with van der Waals surface area (Å²) in [5.74, 6) is -1.36. The molecule has 1 saturated heterocycles. The van der Waals surface area contributed by atoms with Crippen LogP contribution >= 0.6 is 0 Å². The summed E-state index contributed by atoms with van der Waals surface area (Å²) in [5.41, 5.74) is 3.47. The third-order valence-electron chi connectivity index (χ3n) is 11.8. The van der Waals surface area contributed by atoms with Gasteiger partial charge < -0.3 is 24.4 Å². The summed E-state index contributed by atoms with van der Waals surface area (Å²) >= 11 is 0. The van der Waals surface area contributed by atoms with E-state index < -0.39 is 23.6 Å². The highest BCUT2D eigenvalue weighted by molar-refractivity contribution is 5.93. The van der Waals surface area contributed by atoms with Gasteiger partial charge in [0.1, 0.15) is 34.5 Å². The number of nitrogens with one attached hydrogen (secondary N) is 1. The Kier molecular flexibility index (Phi) is 11.3. The van der Waals surface area contributed by atoms with Crippen molar-refractivity contribution in [3.63, 3.8) is 0 Å². The van der Waals surface area contributed by atoms with Crippen molar-refractivity contribution in [1.82, 2.24) is 43.4 Å². The first-order valence-electron chi connectivity index (χ1n) is 21.3. The van der Waals surface area contributed by atoms with Gasteiger partial charge in [0.25, 0.3) is 5.91 Å². The normalized spacial score (nSPS) is 14.8. The maximum Gasteiger partial charge on any atom is 0.573 e. The molecule has 2 aliphatic heterocycles. The Morgan fingerprint density at radius 3 is 2.38 bits per heavy atom. The number of pyridine rings is 2. The quantitative estimate of drug-likeness (QED) is 0.140. The molecular formula is C47H42F4N12O3. The molecule has 0 spiro atoms. The van der Waals surface area contributed by atoms with Crippen LogP contribution in [0.5, 0.6) is 5.75 Å². The topological polar surface area (TPSA) is 176 Å². The van der Waals surface area contributed by atoms with Crippen LogP contribution in [0.25, 0.3) is 27.9 Å². The second kappa shape index (κ2) is 17.1. The average molecular weight is 899 g/mol. The molecule has 15 nitrogen and oxygen atoms in total. The summed E-state index contributed by atoms with van der Waals surface area (Å²) in [6.45, 7) is 9.50. The predicted molar refractivity (Wildman–Crippen MR) is 235 cm³/mol. The van der Waals surface area contributed by atoms with Crippen molar-refractivity contribution in [2.24, 2.45) is 5.41 Å². The minimum Gasteiger partial charge on any atom is -0.406 e. The van der Waals surface area contributed by atoms with Crippen LogP contribution in [0.4, 0.5) is 29.2 Å². The van der Waals surface area contributed by atoms with Gasteiger partial charge in [-0.1, -0.05) is 26.8 Å². The van der Waals surface area contributed by atoms with Crippen molar-refractivity contribution >= 4 is 39.7 Å². The van der Waals surface area contributed by atoms with Crippen molar-refractivity contribution in [2.45, 2.75) is 65.5 Å². The van der Waals surface area contributed by atoms with Gasteiger partial charge in [-0.25, -0.2) is 19.2 Å². The van der Waals surface area contributed by atoms with E-state index in [9.17, 15) is 33.3 Å². The molecule has 0 bridgehead atoms. The van der Waals surface area contributed by atoms with E-state index in [0.717, 1.165) is 35.3 Å². The number of benzene rings is 2. The number of halogens is 4. The van der Waals surface area contributed by atoms with Gasteiger partial charge >= 0.3 is 12.1 Å². The Hall–Kier alpha value is -7.64. The Labute approximate surface area is 375 Å². The van der Waals surface area contributed by atoms with Gasteiger partial charge in [-0.3, -0.25) is 13.9 Å². The van der Waals surface area contributed by atoms with Crippen LogP contribution in [0.15, 0.2) is 83.9 Å². The molecule has 1 amide bonds. The summed E-state index contributed by atoms with van der Waals surface area (Å²) in [6, 6.07) is 19.9. The lowest BCUT2D eigenvalue weighted by atomic mass is 9.94. The fourth-order valence-corrected chi connectivity index (χ4v) is 9.01. The zero-order valence-electron chi connectivity index (χ0n) is 36.1. The molecule has 19 heteroatoms. The first-order chi connectivity index (χ1) is 31.6. The second-order valence-electron chi connectivity index (χ2n) is 17.6. The molecule has 2 aliphatic rings. The highest BCUT2D eigenvalue weighted by atomic mass is 19.4. The van der Waals surface area contributed by atoms with E-state index >= 15 is 4.39 Å². The molecule has 1 N–H and O–H groups in total. The number of carbonyl (C=O) groups is 1. The van der Waals surface area contributed by atoms with Gasteiger partial charge in [-0.15, -0.1) is 13.2 Å². The van der Waals surface area contributed by atoms with Crippen LogP contribution in [0.2, 0.25) is 0 Å². The molecule has 1 fully saturated rings. The van der Waals surface area contributed by atoms with Gasteiger partial charge in [0.2, 0.25) is 5.95 Å². The van der Waals surface area contributed by atoms with Crippen molar-refractivity contribution < 1.29 is 27.1 Å². The minimum absolute atomic E-state index is 0.0553. The summed E-state index contributed by atoms with van der Waals surface area (Å²) < 4.78 is 62.4. The fourth-order valence-electron chi connectivity index (χ4n) is 9.01. The first-order valence-corrected chi connectivity index (χ1v) is 21.3. The number of piperidine rings is 1. The number of hydrogen-bond donors (Lipinski definition) is 1. The number of hydrogen-bond acceptors (Lipinski definition) is 11. The summed E-state index contributed by atoms with van der Waals surface area (Å²) in [7, 11) is 0. The molecule has 0 radical (unpaired) electrons. The molecule has 7 aromatic rings. The molecule has 0 aliphatic carbocycles. The van der Waals surface area contributed by atoms with Gasteiger partial charge in [-0.05, 0) is 90.9 Å². The number of alkyl halides is 3. The second-order valence-corrected chi connectivity index (χ2v) is 17.6. The Bertz CT molecular complexity index is 3150. The van der Waals surface area contributed by atoms with Crippen molar-refractivity contribution in [3.05, 3.63) is 129 Å². The van der Waals surface area contributed by atoms with Gasteiger partial charge in [0.05, 0.1) is 36.6 Å². The Morgan fingerprint density at radius 2 is 1.71 bits per heavy atom. The zero-order chi connectivity index (χ0) is 46.5. The van der Waals surface area contributed by atoms with Crippen LogP contribution in [-0.2, 0) is 19.5 Å². The number of imidazole rings is 1. The van der Waals surface area contributed by atoms with E-state index in [0.29, 0.717) is 55.8 Å². The summed E-state index contributed by atoms with van der Waals surface area (Å²) in [4.78, 5) is 51.2. The predicted octanol–water partition coefficient (Wildman–Crippen LogP) is 7.78. The third-order valence-corrected chi connectivity index (χ3v) is 11.8. The smallest absolute Gasteiger partial charge is 0.406 e. The molecule has 0 unspecified atom stereocenters. The molecule has 336 valence electrons. The molecule has 66 heavy (non-hydrogen) atoms. The van der Waals surface area contributed by atoms with Crippen LogP contribution in [-0.4, -0.2) is 81.9 Å². The average Bonchev–Trinajstić information content (AvgIpc) is 3.76. The monoisotopic (exact) mass is 898 g/mol. The zero-order valence-corrected chi connectivity index (χ0v) is 36.1. The van der Waals surface area contributed by atoms with Gasteiger partial charge in [0, 0.05) is 60.7 Å². The maximum atomic E-state index is 15.2. The first kappa shape index (κ1) is 43.6. The largest absolute Gasteiger partial charge is 0.573 e.